The van der Waals surface area contributed by atoms with Gasteiger partial charge in [0.25, 0.3) is 0 Å². The van der Waals surface area contributed by atoms with Gasteiger partial charge in [-0.3, -0.25) is 0 Å². The van der Waals surface area contributed by atoms with Gasteiger partial charge in [0.1, 0.15) is 5.82 Å². The number of amides is 2. The lowest BCUT2D eigenvalue weighted by Crippen LogP contribution is -2.30. The van der Waals surface area contributed by atoms with Gasteiger partial charge in [-0.25, -0.2) is 22.7 Å². The van der Waals surface area contributed by atoms with Crippen molar-refractivity contribution in [3.8, 4) is 0 Å². The van der Waals surface area contributed by atoms with E-state index in [-0.39, 0.29) is 16.7 Å². The van der Waals surface area contributed by atoms with E-state index in [0.29, 0.717) is 12.2 Å². The molecule has 6 nitrogen and oxygen atoms in total. The van der Waals surface area contributed by atoms with Gasteiger partial charge in [0.05, 0.1) is 4.90 Å². The minimum Gasteiger partial charge on any atom is -0.323 e. The topological polar surface area (TPSA) is 92.5 Å². The van der Waals surface area contributed by atoms with Gasteiger partial charge in [0.2, 0.25) is 10.0 Å². The normalized spacial score (nSPS) is 11.1. The number of nitrogens with zero attached hydrogens (tertiary/aromatic N) is 1. The van der Waals surface area contributed by atoms with E-state index in [1.807, 2.05) is 0 Å². The molecule has 0 aromatic heterocycles. The van der Waals surface area contributed by atoms with Crippen LogP contribution in [-0.4, -0.2) is 26.4 Å². The first kappa shape index (κ1) is 16.9. The van der Waals surface area contributed by atoms with E-state index in [2.05, 4.69) is 5.32 Å². The van der Waals surface area contributed by atoms with Crippen molar-refractivity contribution in [1.82, 2.24) is 4.90 Å². The number of nitrogens with two attached hydrogens (primary N) is 1. The minimum atomic E-state index is -3.76. The highest BCUT2D eigenvalue weighted by Gasteiger charge is 2.11. The van der Waals surface area contributed by atoms with Crippen molar-refractivity contribution in [2.24, 2.45) is 5.14 Å². The quantitative estimate of drug-likeness (QED) is 0.895. The molecule has 0 aliphatic rings. The number of carbonyl (C=O) groups excluding carboxylic acids is 1. The van der Waals surface area contributed by atoms with Gasteiger partial charge in [-0.1, -0.05) is 12.1 Å². The van der Waals surface area contributed by atoms with Gasteiger partial charge in [-0.05, 0) is 42.0 Å². The first-order chi connectivity index (χ1) is 10.8. The number of benzene rings is 2. The summed E-state index contributed by atoms with van der Waals surface area (Å²) in [5.41, 5.74) is 1.22. The molecule has 0 radical (unpaired) electrons. The maximum absolute atomic E-state index is 12.8. The first-order valence-electron chi connectivity index (χ1n) is 6.65. The Morgan fingerprint density at radius 1 is 1.13 bits per heavy atom. The molecule has 122 valence electrons. The monoisotopic (exact) mass is 337 g/mol. The highest BCUT2D eigenvalue weighted by molar-refractivity contribution is 7.89. The molecule has 0 heterocycles. The number of anilines is 1. The summed E-state index contributed by atoms with van der Waals surface area (Å²) in [6, 6.07) is 11.0. The van der Waals surface area contributed by atoms with E-state index < -0.39 is 10.0 Å². The standard InChI is InChI=1S/C15H16FN3O3S/c1-19(10-11-2-4-12(16)5-3-11)15(20)18-13-6-8-14(9-7-13)23(17,21)22/h2-9H,10H2,1H3,(H,18,20)(H2,17,21,22). The Balaban J connectivity index is 1.99. The van der Waals surface area contributed by atoms with Crippen LogP contribution >= 0.6 is 0 Å². The second-order valence-corrected chi connectivity index (χ2v) is 6.54. The molecular formula is C15H16FN3O3S. The van der Waals surface area contributed by atoms with E-state index in [1.165, 1.54) is 41.3 Å². The molecule has 0 atom stereocenters. The second-order valence-electron chi connectivity index (χ2n) is 4.98. The van der Waals surface area contributed by atoms with Crippen LogP contribution in [0.3, 0.4) is 0 Å². The van der Waals surface area contributed by atoms with E-state index in [4.69, 9.17) is 5.14 Å². The predicted octanol–water partition coefficient (Wildman–Crippen LogP) is 2.14. The molecule has 0 bridgehead atoms. The molecule has 0 saturated carbocycles. The molecule has 0 saturated heterocycles. The first-order valence-corrected chi connectivity index (χ1v) is 8.20. The average Bonchev–Trinajstić information content (AvgIpc) is 2.49. The fourth-order valence-corrected chi connectivity index (χ4v) is 2.40. The van der Waals surface area contributed by atoms with E-state index in [0.717, 1.165) is 5.56 Å². The Hall–Kier alpha value is -2.45. The molecule has 0 spiro atoms. The minimum absolute atomic E-state index is 0.0323. The van der Waals surface area contributed by atoms with Crippen LogP contribution in [0.4, 0.5) is 14.9 Å². The van der Waals surface area contributed by atoms with E-state index >= 15 is 0 Å². The van der Waals surface area contributed by atoms with Crippen molar-refractivity contribution >= 4 is 21.7 Å². The summed E-state index contributed by atoms with van der Waals surface area (Å²) in [7, 11) is -2.17. The van der Waals surface area contributed by atoms with Gasteiger partial charge >= 0.3 is 6.03 Å². The third kappa shape index (κ3) is 4.76. The Kier molecular flexibility index (Phi) is 4.97. The Labute approximate surface area is 133 Å². The highest BCUT2D eigenvalue weighted by Crippen LogP contribution is 2.14. The van der Waals surface area contributed by atoms with Crippen LogP contribution in [0.1, 0.15) is 5.56 Å². The molecule has 8 heteroatoms. The summed E-state index contributed by atoms with van der Waals surface area (Å²) >= 11 is 0. The SMILES string of the molecule is CN(Cc1ccc(F)cc1)C(=O)Nc1ccc(S(N)(=O)=O)cc1. The molecule has 2 aromatic rings. The lowest BCUT2D eigenvalue weighted by Gasteiger charge is -2.18. The molecule has 2 aromatic carbocycles. The smallest absolute Gasteiger partial charge is 0.321 e. The van der Waals surface area contributed by atoms with Crippen LogP contribution in [0.15, 0.2) is 53.4 Å². The maximum Gasteiger partial charge on any atom is 0.321 e. The summed E-state index contributed by atoms with van der Waals surface area (Å²) in [4.78, 5) is 13.4. The lowest BCUT2D eigenvalue weighted by atomic mass is 10.2. The number of hydrogen-bond acceptors (Lipinski definition) is 3. The molecule has 23 heavy (non-hydrogen) atoms. The zero-order chi connectivity index (χ0) is 17.0. The van der Waals surface area contributed by atoms with Gasteiger partial charge in [0.15, 0.2) is 0 Å². The maximum atomic E-state index is 12.8. The number of sulfonamides is 1. The number of nitrogens with one attached hydrogen (secondary N) is 1. The van der Waals surface area contributed by atoms with Gasteiger partial charge < -0.3 is 10.2 Å². The largest absolute Gasteiger partial charge is 0.323 e. The summed E-state index contributed by atoms with van der Waals surface area (Å²) in [6.45, 7) is 0.307. The number of primary sulfonamides is 1. The zero-order valence-electron chi connectivity index (χ0n) is 12.4. The molecule has 3 N–H and O–H groups in total. The van der Waals surface area contributed by atoms with Crippen molar-refractivity contribution in [1.29, 1.82) is 0 Å². The fraction of sp³-hybridized carbons (Fsp3) is 0.133. The summed E-state index contributed by atoms with van der Waals surface area (Å²) in [5.74, 6) is -0.337. The third-order valence-corrected chi connectivity index (χ3v) is 4.04. The molecule has 2 rings (SSSR count). The fourth-order valence-electron chi connectivity index (χ4n) is 1.88. The van der Waals surface area contributed by atoms with E-state index in [9.17, 15) is 17.6 Å². The van der Waals surface area contributed by atoms with Crippen LogP contribution in [0.5, 0.6) is 0 Å². The van der Waals surface area contributed by atoms with Crippen molar-refractivity contribution < 1.29 is 17.6 Å². The molecule has 2 amide bonds. The molecular weight excluding hydrogens is 321 g/mol. The van der Waals surface area contributed by atoms with Gasteiger partial charge in [0, 0.05) is 19.3 Å². The van der Waals surface area contributed by atoms with Crippen LogP contribution in [0, 0.1) is 5.82 Å². The van der Waals surface area contributed by atoms with Gasteiger partial charge in [-0.2, -0.15) is 0 Å². The van der Waals surface area contributed by atoms with E-state index in [1.54, 1.807) is 19.2 Å². The Morgan fingerprint density at radius 2 is 1.70 bits per heavy atom. The molecule has 0 unspecified atom stereocenters. The average molecular weight is 337 g/mol. The predicted molar refractivity (Wildman–Crippen MR) is 84.7 cm³/mol. The molecule has 0 fully saturated rings. The number of carbonyl (C=O) groups is 1. The number of halogens is 1. The number of hydrogen-bond donors (Lipinski definition) is 2. The highest BCUT2D eigenvalue weighted by atomic mass is 32.2. The zero-order valence-corrected chi connectivity index (χ0v) is 13.2. The molecule has 0 aliphatic carbocycles. The summed E-state index contributed by atoms with van der Waals surface area (Å²) in [5, 5.41) is 7.63. The van der Waals surface area contributed by atoms with Crippen molar-refractivity contribution in [2.75, 3.05) is 12.4 Å². The van der Waals surface area contributed by atoms with Crippen LogP contribution in [0.25, 0.3) is 0 Å². The second kappa shape index (κ2) is 6.76. The molecule has 0 aliphatic heterocycles. The van der Waals surface area contributed by atoms with Crippen LogP contribution < -0.4 is 10.5 Å². The van der Waals surface area contributed by atoms with Crippen molar-refractivity contribution in [2.45, 2.75) is 11.4 Å². The Bertz CT molecular complexity index is 790. The van der Waals surface area contributed by atoms with Gasteiger partial charge in [-0.15, -0.1) is 0 Å². The summed E-state index contributed by atoms with van der Waals surface area (Å²) in [6.07, 6.45) is 0. The van der Waals surface area contributed by atoms with Crippen LogP contribution in [-0.2, 0) is 16.6 Å². The van der Waals surface area contributed by atoms with Crippen LogP contribution in [0.2, 0.25) is 0 Å². The Morgan fingerprint density at radius 3 is 2.22 bits per heavy atom. The summed E-state index contributed by atoms with van der Waals surface area (Å²) < 4.78 is 35.2. The number of urea groups is 1. The third-order valence-electron chi connectivity index (χ3n) is 3.11. The van der Waals surface area contributed by atoms with Crippen molar-refractivity contribution in [3.05, 3.63) is 59.9 Å². The van der Waals surface area contributed by atoms with Crippen molar-refractivity contribution in [3.63, 3.8) is 0 Å². The lowest BCUT2D eigenvalue weighted by molar-refractivity contribution is 0.220. The number of rotatable bonds is 4.